The van der Waals surface area contributed by atoms with Crippen LogP contribution in [0, 0.1) is 0 Å². The molecule has 0 heterocycles. The van der Waals surface area contributed by atoms with E-state index in [1.165, 1.54) is 12.1 Å². The second kappa shape index (κ2) is 2.90. The predicted molar refractivity (Wildman–Crippen MR) is 55.2 cm³/mol. The fourth-order valence-corrected chi connectivity index (χ4v) is 1.60. The zero-order valence-electron chi connectivity index (χ0n) is 6.64. The third-order valence-electron chi connectivity index (χ3n) is 1.96. The van der Waals surface area contributed by atoms with E-state index in [2.05, 4.69) is 0 Å². The van der Waals surface area contributed by atoms with Gasteiger partial charge in [0.25, 0.3) is 5.43 Å². The Balaban J connectivity index is 3.20. The van der Waals surface area contributed by atoms with Gasteiger partial charge in [-0.15, -0.1) is 0 Å². The maximum absolute atomic E-state index is 11.2. The van der Waals surface area contributed by atoms with Gasteiger partial charge in [0, 0.05) is 10.8 Å². The van der Waals surface area contributed by atoms with Crippen LogP contribution >= 0.6 is 23.2 Å². The number of benzene rings is 1. The maximum Gasteiger partial charge on any atom is 0.273 e. The van der Waals surface area contributed by atoms with Crippen molar-refractivity contribution in [2.24, 2.45) is 0 Å². The molecule has 2 rings (SSSR count). The molecular formula is C9H2Cl2O3. The first-order valence-electron chi connectivity index (χ1n) is 3.65. The van der Waals surface area contributed by atoms with Crippen LogP contribution in [-0.2, 0) is 0 Å². The summed E-state index contributed by atoms with van der Waals surface area (Å²) >= 11 is 11.3. The summed E-state index contributed by atoms with van der Waals surface area (Å²) in [6.45, 7) is 0. The van der Waals surface area contributed by atoms with Gasteiger partial charge in [0.15, 0.2) is 0 Å². The smallest absolute Gasteiger partial charge is 0.273 e. The Labute approximate surface area is 87.2 Å². The van der Waals surface area contributed by atoms with E-state index in [4.69, 9.17) is 23.2 Å². The topological polar surface area (TPSA) is 51.2 Å². The molecule has 0 unspecified atom stereocenters. The Morgan fingerprint density at radius 2 is 1.07 bits per heavy atom. The molecule has 3 nitrogen and oxygen atoms in total. The molecule has 0 saturated heterocycles. The Morgan fingerprint density at radius 1 is 0.714 bits per heavy atom. The molecule has 0 radical (unpaired) electrons. The summed E-state index contributed by atoms with van der Waals surface area (Å²) in [5.74, 6) is 0. The van der Waals surface area contributed by atoms with Gasteiger partial charge in [0.1, 0.15) is 0 Å². The van der Waals surface area contributed by atoms with E-state index in [-0.39, 0.29) is 20.8 Å². The van der Waals surface area contributed by atoms with Crippen molar-refractivity contribution in [3.8, 4) is 0 Å². The van der Waals surface area contributed by atoms with Gasteiger partial charge in [0.2, 0.25) is 10.9 Å². The Hall–Kier alpha value is -1.19. The summed E-state index contributed by atoms with van der Waals surface area (Å²) in [6.07, 6.45) is 0. The fraction of sp³-hybridized carbons (Fsp3) is 0. The highest BCUT2D eigenvalue weighted by atomic mass is 35.5. The summed E-state index contributed by atoms with van der Waals surface area (Å²) in [5, 5.41) is 0.381. The third-order valence-corrected chi connectivity index (χ3v) is 2.68. The molecule has 0 saturated carbocycles. The Bertz CT molecular complexity index is 610. The van der Waals surface area contributed by atoms with E-state index in [1.54, 1.807) is 0 Å². The van der Waals surface area contributed by atoms with Crippen molar-refractivity contribution < 1.29 is 0 Å². The first-order valence-corrected chi connectivity index (χ1v) is 4.40. The van der Waals surface area contributed by atoms with E-state index < -0.39 is 16.3 Å². The van der Waals surface area contributed by atoms with Crippen LogP contribution in [0.2, 0.25) is 10.0 Å². The maximum atomic E-state index is 11.2. The van der Waals surface area contributed by atoms with Gasteiger partial charge in [-0.1, -0.05) is 23.2 Å². The van der Waals surface area contributed by atoms with Crippen LogP contribution in [0.5, 0.6) is 0 Å². The fourth-order valence-electron chi connectivity index (χ4n) is 1.27. The van der Waals surface area contributed by atoms with Gasteiger partial charge in [-0.25, -0.2) is 0 Å². The van der Waals surface area contributed by atoms with Gasteiger partial charge in [-0.05, 0) is 12.1 Å². The van der Waals surface area contributed by atoms with Gasteiger partial charge in [-0.3, -0.25) is 14.4 Å². The molecule has 0 aliphatic carbocycles. The van der Waals surface area contributed by atoms with Crippen molar-refractivity contribution in [2.75, 3.05) is 0 Å². The molecule has 70 valence electrons. The number of rotatable bonds is 0. The van der Waals surface area contributed by atoms with E-state index in [0.29, 0.717) is 0 Å². The largest absolute Gasteiger partial charge is 0.285 e. The van der Waals surface area contributed by atoms with Crippen molar-refractivity contribution in [1.29, 1.82) is 0 Å². The highest BCUT2D eigenvalue weighted by Crippen LogP contribution is 2.24. The number of hydrogen-bond acceptors (Lipinski definition) is 3. The van der Waals surface area contributed by atoms with Crippen LogP contribution in [0.3, 0.4) is 0 Å². The van der Waals surface area contributed by atoms with Crippen molar-refractivity contribution >= 4 is 34.0 Å². The van der Waals surface area contributed by atoms with Crippen LogP contribution in [0.15, 0.2) is 26.5 Å². The standard InChI is InChI=1S/C9H2Cl2O3/c10-5-1-3-4(2-6(5)11)8(13)9(14)7(3)12/h1-2H. The highest BCUT2D eigenvalue weighted by molar-refractivity contribution is 6.42. The Kier molecular flexibility index (Phi) is 1.94. The van der Waals surface area contributed by atoms with Crippen molar-refractivity contribution in [1.82, 2.24) is 0 Å². The summed E-state index contributed by atoms with van der Waals surface area (Å²) in [6, 6.07) is 2.48. The molecule has 0 atom stereocenters. The molecule has 2 aromatic rings. The van der Waals surface area contributed by atoms with E-state index >= 15 is 0 Å². The first kappa shape index (κ1) is 9.37. The third kappa shape index (κ3) is 1.10. The molecule has 0 amide bonds. The molecule has 0 aliphatic heterocycles. The predicted octanol–water partition coefficient (Wildman–Crippen LogP) is 1.10. The SMILES string of the molecule is O=c1c(=O)c2cc(Cl)c(Cl)cc2c1=O. The molecule has 0 spiro atoms. The van der Waals surface area contributed by atoms with Crippen LogP contribution in [-0.4, -0.2) is 0 Å². The highest BCUT2D eigenvalue weighted by Gasteiger charge is 2.13. The molecule has 0 aromatic heterocycles. The molecule has 14 heavy (non-hydrogen) atoms. The van der Waals surface area contributed by atoms with Crippen molar-refractivity contribution in [2.45, 2.75) is 0 Å². The molecule has 0 N–H and O–H groups in total. The van der Waals surface area contributed by atoms with E-state index in [1.807, 2.05) is 0 Å². The number of halogens is 2. The summed E-state index contributed by atoms with van der Waals surface area (Å²) in [5.41, 5.74) is -2.66. The Morgan fingerprint density at radius 3 is 1.43 bits per heavy atom. The molecule has 5 heteroatoms. The lowest BCUT2D eigenvalue weighted by Crippen LogP contribution is -2.29. The lowest BCUT2D eigenvalue weighted by Gasteiger charge is -1.93. The van der Waals surface area contributed by atoms with Crippen LogP contribution in [0.25, 0.3) is 10.8 Å². The quantitative estimate of drug-likeness (QED) is 0.635. The zero-order valence-corrected chi connectivity index (χ0v) is 8.15. The minimum Gasteiger partial charge on any atom is -0.285 e. The second-order valence-corrected chi connectivity index (χ2v) is 3.61. The lowest BCUT2D eigenvalue weighted by molar-refractivity contribution is 1.56. The van der Waals surface area contributed by atoms with Crippen LogP contribution in [0.1, 0.15) is 0 Å². The molecule has 0 fully saturated rings. The minimum absolute atomic E-state index is 0.0365. The molecule has 0 aliphatic rings. The van der Waals surface area contributed by atoms with Gasteiger partial charge < -0.3 is 0 Å². The summed E-state index contributed by atoms with van der Waals surface area (Å²) in [4.78, 5) is 33.4. The van der Waals surface area contributed by atoms with Crippen molar-refractivity contribution in [3.63, 3.8) is 0 Å². The minimum atomic E-state index is -1.03. The molecular weight excluding hydrogens is 227 g/mol. The van der Waals surface area contributed by atoms with Crippen LogP contribution in [0.4, 0.5) is 0 Å². The lowest BCUT2D eigenvalue weighted by atomic mass is 10.2. The van der Waals surface area contributed by atoms with E-state index in [9.17, 15) is 14.4 Å². The number of fused-ring (bicyclic) bond motifs is 1. The molecule has 0 bridgehead atoms. The average molecular weight is 229 g/mol. The van der Waals surface area contributed by atoms with E-state index in [0.717, 1.165) is 0 Å². The zero-order chi connectivity index (χ0) is 10.5. The summed E-state index contributed by atoms with van der Waals surface area (Å²) < 4.78 is 0. The van der Waals surface area contributed by atoms with Gasteiger partial charge in [0.05, 0.1) is 10.0 Å². The average Bonchev–Trinajstić information content (AvgIpc) is 2.34. The normalized spacial score (nSPS) is 11.0. The monoisotopic (exact) mass is 228 g/mol. The van der Waals surface area contributed by atoms with Crippen molar-refractivity contribution in [3.05, 3.63) is 52.8 Å². The number of hydrogen-bond donors (Lipinski definition) is 0. The molecule has 2 aromatic carbocycles. The van der Waals surface area contributed by atoms with Gasteiger partial charge in [-0.2, -0.15) is 0 Å². The van der Waals surface area contributed by atoms with Crippen LogP contribution < -0.4 is 16.3 Å². The second-order valence-electron chi connectivity index (χ2n) is 2.80. The first-order chi connectivity index (χ1) is 6.52. The van der Waals surface area contributed by atoms with Gasteiger partial charge >= 0.3 is 0 Å². The summed E-state index contributed by atoms with van der Waals surface area (Å²) in [7, 11) is 0.